The van der Waals surface area contributed by atoms with Crippen LogP contribution in [0.4, 0.5) is 0 Å². The Morgan fingerprint density at radius 2 is 2.11 bits per heavy atom. The van der Waals surface area contributed by atoms with Crippen molar-refractivity contribution in [3.8, 4) is 16.3 Å². The Hall–Kier alpha value is -2.78. The molecule has 0 saturated carbocycles. The molecule has 8 nitrogen and oxygen atoms in total. The summed E-state index contributed by atoms with van der Waals surface area (Å²) in [5.41, 5.74) is 1.87. The molecule has 1 atom stereocenters. The second-order valence-corrected chi connectivity index (χ2v) is 7.49. The number of carboxylic acids is 1. The standard InChI is InChI=1S/C19H21N5O3S/c1-3-27-15-6-4-13(5-7-15)18-20-14(11-28-18)8-23-10-17-22-21-12(2)24(17)9-16(23)19(25)26/h4-7,11,16H,3,8-10H2,1-2H3,(H,25,26). The fourth-order valence-electron chi connectivity index (χ4n) is 3.34. The Morgan fingerprint density at radius 1 is 1.32 bits per heavy atom. The molecule has 4 rings (SSSR count). The topological polar surface area (TPSA) is 93.4 Å². The molecule has 3 aromatic rings. The molecule has 1 aliphatic rings. The van der Waals surface area contributed by atoms with E-state index >= 15 is 0 Å². The number of aliphatic carboxylic acids is 1. The van der Waals surface area contributed by atoms with Crippen LogP contribution in [0.25, 0.3) is 10.6 Å². The van der Waals surface area contributed by atoms with Crippen molar-refractivity contribution < 1.29 is 14.6 Å². The van der Waals surface area contributed by atoms with Crippen LogP contribution in [0.1, 0.15) is 24.3 Å². The van der Waals surface area contributed by atoms with E-state index < -0.39 is 12.0 Å². The summed E-state index contributed by atoms with van der Waals surface area (Å²) in [5.74, 6) is 1.52. The molecule has 28 heavy (non-hydrogen) atoms. The van der Waals surface area contributed by atoms with Crippen molar-refractivity contribution in [2.45, 2.75) is 39.5 Å². The Balaban J connectivity index is 1.52. The molecule has 0 saturated heterocycles. The first kappa shape index (κ1) is 18.6. The van der Waals surface area contributed by atoms with E-state index in [0.717, 1.165) is 33.7 Å². The van der Waals surface area contributed by atoms with Gasteiger partial charge in [0.05, 0.1) is 25.4 Å². The third-order valence-electron chi connectivity index (χ3n) is 4.77. The molecule has 0 spiro atoms. The highest BCUT2D eigenvalue weighted by atomic mass is 32.1. The van der Waals surface area contributed by atoms with Gasteiger partial charge in [0.2, 0.25) is 0 Å². The van der Waals surface area contributed by atoms with E-state index in [1.807, 2.05) is 53.0 Å². The van der Waals surface area contributed by atoms with Crippen LogP contribution < -0.4 is 4.74 Å². The van der Waals surface area contributed by atoms with Gasteiger partial charge in [0.25, 0.3) is 0 Å². The lowest BCUT2D eigenvalue weighted by molar-refractivity contribution is -0.145. The molecular weight excluding hydrogens is 378 g/mol. The van der Waals surface area contributed by atoms with Gasteiger partial charge in [-0.05, 0) is 38.1 Å². The van der Waals surface area contributed by atoms with Crippen molar-refractivity contribution in [2.24, 2.45) is 0 Å². The van der Waals surface area contributed by atoms with Gasteiger partial charge in [-0.3, -0.25) is 9.69 Å². The lowest BCUT2D eigenvalue weighted by atomic mass is 10.1. The maximum atomic E-state index is 11.8. The van der Waals surface area contributed by atoms with Crippen LogP contribution in [0.2, 0.25) is 0 Å². The summed E-state index contributed by atoms with van der Waals surface area (Å²) in [4.78, 5) is 18.4. The zero-order valence-electron chi connectivity index (χ0n) is 15.7. The number of carbonyl (C=O) groups is 1. The molecule has 0 fully saturated rings. The van der Waals surface area contributed by atoms with Crippen LogP contribution >= 0.6 is 11.3 Å². The number of ether oxygens (including phenoxy) is 1. The molecule has 1 N–H and O–H groups in total. The minimum absolute atomic E-state index is 0.347. The van der Waals surface area contributed by atoms with Gasteiger partial charge in [0.15, 0.2) is 0 Å². The molecule has 1 aromatic carbocycles. The third-order valence-corrected chi connectivity index (χ3v) is 5.71. The van der Waals surface area contributed by atoms with Gasteiger partial charge in [-0.25, -0.2) is 4.98 Å². The monoisotopic (exact) mass is 399 g/mol. The molecule has 1 aliphatic heterocycles. The van der Waals surface area contributed by atoms with Crippen LogP contribution in [0, 0.1) is 6.92 Å². The van der Waals surface area contributed by atoms with E-state index in [1.165, 1.54) is 0 Å². The van der Waals surface area contributed by atoms with Crippen molar-refractivity contribution in [1.29, 1.82) is 0 Å². The van der Waals surface area contributed by atoms with Gasteiger partial charge < -0.3 is 14.4 Å². The average molecular weight is 399 g/mol. The Labute approximate surface area is 166 Å². The van der Waals surface area contributed by atoms with E-state index in [0.29, 0.717) is 26.2 Å². The van der Waals surface area contributed by atoms with Crippen molar-refractivity contribution >= 4 is 17.3 Å². The first-order valence-electron chi connectivity index (χ1n) is 9.08. The van der Waals surface area contributed by atoms with Crippen molar-refractivity contribution in [3.63, 3.8) is 0 Å². The molecular formula is C19H21N5O3S. The number of nitrogens with zero attached hydrogens (tertiary/aromatic N) is 5. The minimum Gasteiger partial charge on any atom is -0.494 e. The number of hydrogen-bond acceptors (Lipinski definition) is 7. The predicted molar refractivity (Wildman–Crippen MR) is 104 cm³/mol. The highest BCUT2D eigenvalue weighted by molar-refractivity contribution is 7.13. The summed E-state index contributed by atoms with van der Waals surface area (Å²) in [7, 11) is 0. The van der Waals surface area contributed by atoms with Crippen molar-refractivity contribution in [3.05, 3.63) is 47.0 Å². The van der Waals surface area contributed by atoms with Gasteiger partial charge in [-0.2, -0.15) is 0 Å². The normalized spacial score (nSPS) is 16.7. The van der Waals surface area contributed by atoms with Crippen LogP contribution in [0.3, 0.4) is 0 Å². The summed E-state index contributed by atoms with van der Waals surface area (Å²) in [6.45, 7) is 5.67. The maximum absolute atomic E-state index is 11.8. The first-order chi connectivity index (χ1) is 13.5. The van der Waals surface area contributed by atoms with Gasteiger partial charge >= 0.3 is 5.97 Å². The number of thiazole rings is 1. The van der Waals surface area contributed by atoms with Crippen molar-refractivity contribution in [1.82, 2.24) is 24.6 Å². The molecule has 3 heterocycles. The summed E-state index contributed by atoms with van der Waals surface area (Å²) in [6, 6.07) is 7.21. The summed E-state index contributed by atoms with van der Waals surface area (Å²) in [6.07, 6.45) is 0. The number of fused-ring (bicyclic) bond motifs is 1. The SMILES string of the molecule is CCOc1ccc(-c2nc(CN3Cc4nnc(C)n4CC3C(=O)O)cs2)cc1. The summed E-state index contributed by atoms with van der Waals surface area (Å²) < 4.78 is 7.35. The second-order valence-electron chi connectivity index (χ2n) is 6.63. The lowest BCUT2D eigenvalue weighted by Gasteiger charge is -2.32. The Bertz CT molecular complexity index is 982. The number of carboxylic acid groups (broad SMARTS) is 1. The average Bonchev–Trinajstić information content (AvgIpc) is 3.29. The Morgan fingerprint density at radius 3 is 2.82 bits per heavy atom. The molecule has 146 valence electrons. The molecule has 0 bridgehead atoms. The number of benzene rings is 1. The summed E-state index contributed by atoms with van der Waals surface area (Å²) in [5, 5.41) is 20.8. The maximum Gasteiger partial charge on any atom is 0.322 e. The highest BCUT2D eigenvalue weighted by Crippen LogP contribution is 2.27. The largest absolute Gasteiger partial charge is 0.494 e. The summed E-state index contributed by atoms with van der Waals surface area (Å²) >= 11 is 1.55. The number of aryl methyl sites for hydroxylation is 1. The third kappa shape index (κ3) is 3.63. The molecule has 0 aliphatic carbocycles. The second kappa shape index (κ2) is 7.69. The van der Waals surface area contributed by atoms with Gasteiger partial charge in [-0.1, -0.05) is 0 Å². The first-order valence-corrected chi connectivity index (χ1v) is 9.96. The molecule has 0 radical (unpaired) electrons. The number of hydrogen-bond donors (Lipinski definition) is 1. The van der Waals surface area contributed by atoms with Crippen LogP contribution in [0.15, 0.2) is 29.6 Å². The van der Waals surface area contributed by atoms with Crippen molar-refractivity contribution in [2.75, 3.05) is 6.61 Å². The smallest absolute Gasteiger partial charge is 0.322 e. The highest BCUT2D eigenvalue weighted by Gasteiger charge is 2.33. The Kier molecular flexibility index (Phi) is 5.10. The van der Waals surface area contributed by atoms with E-state index in [4.69, 9.17) is 9.72 Å². The minimum atomic E-state index is -0.847. The number of aromatic nitrogens is 4. The fraction of sp³-hybridized carbons (Fsp3) is 0.368. The van der Waals surface area contributed by atoms with E-state index in [-0.39, 0.29) is 0 Å². The van der Waals surface area contributed by atoms with Crippen LogP contribution in [0.5, 0.6) is 5.75 Å². The molecule has 2 aromatic heterocycles. The van der Waals surface area contributed by atoms with Crippen LogP contribution in [-0.2, 0) is 24.4 Å². The van der Waals surface area contributed by atoms with Crippen LogP contribution in [-0.4, -0.2) is 48.4 Å². The molecule has 1 unspecified atom stereocenters. The zero-order chi connectivity index (χ0) is 19.7. The molecule has 9 heteroatoms. The van der Waals surface area contributed by atoms with Gasteiger partial charge in [-0.15, -0.1) is 21.5 Å². The van der Waals surface area contributed by atoms with Gasteiger partial charge in [0, 0.05) is 17.5 Å². The number of rotatable bonds is 6. The van der Waals surface area contributed by atoms with E-state index in [2.05, 4.69) is 10.2 Å². The molecule has 0 amide bonds. The lowest BCUT2D eigenvalue weighted by Crippen LogP contribution is -2.47. The quantitative estimate of drug-likeness (QED) is 0.681. The fourth-order valence-corrected chi connectivity index (χ4v) is 4.16. The predicted octanol–water partition coefficient (Wildman–Crippen LogP) is 2.58. The van der Waals surface area contributed by atoms with E-state index in [1.54, 1.807) is 11.3 Å². The zero-order valence-corrected chi connectivity index (χ0v) is 16.5. The van der Waals surface area contributed by atoms with E-state index in [9.17, 15) is 9.90 Å². The van der Waals surface area contributed by atoms with Gasteiger partial charge in [0.1, 0.15) is 28.4 Å².